The van der Waals surface area contributed by atoms with Gasteiger partial charge < -0.3 is 26.2 Å². The Morgan fingerprint density at radius 1 is 0.880 bits per heavy atom. The number of halogens is 2. The molecule has 0 unspecified atom stereocenters. The topological polar surface area (TPSA) is 22.4 Å². The van der Waals surface area contributed by atoms with E-state index in [-0.39, 0.29) is 17.0 Å². The van der Waals surface area contributed by atoms with Crippen molar-refractivity contribution in [3.8, 4) is 5.75 Å². The van der Waals surface area contributed by atoms with E-state index in [9.17, 15) is 0 Å². The summed E-state index contributed by atoms with van der Waals surface area (Å²) in [6.07, 6.45) is 0. The van der Waals surface area contributed by atoms with E-state index in [1.165, 1.54) is 0 Å². The molecule has 0 aliphatic heterocycles. The van der Waals surface area contributed by atoms with Crippen molar-refractivity contribution in [1.29, 1.82) is 0 Å². The van der Waals surface area contributed by atoms with Crippen molar-refractivity contribution in [3.63, 3.8) is 0 Å². The molecule has 1 aromatic heterocycles. The molecule has 0 radical (unpaired) electrons. The summed E-state index contributed by atoms with van der Waals surface area (Å²) in [4.78, 5) is 6.23. The van der Waals surface area contributed by atoms with Crippen molar-refractivity contribution in [2.24, 2.45) is 0 Å². The molecule has 0 atom stereocenters. The lowest BCUT2D eigenvalue weighted by atomic mass is 10.1. The smallest absolute Gasteiger partial charge is 0.193 e. The van der Waals surface area contributed by atoms with Gasteiger partial charge in [0, 0.05) is 27.9 Å². The zero-order valence-corrected chi connectivity index (χ0v) is 17.9. The zero-order valence-electron chi connectivity index (χ0n) is 15.6. The first-order chi connectivity index (χ1) is 11.6. The van der Waals surface area contributed by atoms with Crippen molar-refractivity contribution < 1.29 is 30.9 Å². The lowest BCUT2D eigenvalue weighted by Gasteiger charge is -2.32. The minimum Gasteiger partial charge on any atom is -1.00 e. The average Bonchev–Trinajstić information content (AvgIpc) is 2.98. The Morgan fingerprint density at radius 2 is 1.40 bits per heavy atom. The summed E-state index contributed by atoms with van der Waals surface area (Å²) in [5.41, 5.74) is 1.64. The Bertz CT molecular complexity index is 804. The molecule has 0 aliphatic carbocycles. The van der Waals surface area contributed by atoms with Crippen molar-refractivity contribution >= 4 is 33.5 Å². The third-order valence-electron chi connectivity index (χ3n) is 4.43. The number of quaternary nitrogens is 1. The second-order valence-electron chi connectivity index (χ2n) is 5.50. The Labute approximate surface area is 165 Å². The molecule has 25 heavy (non-hydrogen) atoms. The molecule has 2 aromatic carbocycles. The first-order valence-electron chi connectivity index (χ1n) is 8.78. The molecule has 0 fully saturated rings. The molecule has 3 aromatic rings. The Kier molecular flexibility index (Phi) is 8.26. The highest BCUT2D eigenvalue weighted by Crippen LogP contribution is 2.33. The van der Waals surface area contributed by atoms with Gasteiger partial charge in [0.15, 0.2) is 5.75 Å². The number of hydrogen-bond acceptors (Lipinski definition) is 2. The zero-order chi connectivity index (χ0) is 17.7. The number of nitrogens with zero attached hydrogens (tertiary/aromatic N) is 1. The lowest BCUT2D eigenvalue weighted by Crippen LogP contribution is -3.00. The third-order valence-corrected chi connectivity index (χ3v) is 4.67. The van der Waals surface area contributed by atoms with Crippen LogP contribution in [0.4, 0.5) is 0 Å². The standard InChI is InChI=1S/C18H21ClNO2.C2H6.BrH/c1-4-20(5-2,6-3)22-14-8-10-16-15-9-7-13(19)11-17(15)21-18(16)12-14;1-2;/h7-12H,4-6H2,1-3H3;1-2H3;1H/q+1;;/p-1. The van der Waals surface area contributed by atoms with Gasteiger partial charge in [0.1, 0.15) is 30.8 Å². The van der Waals surface area contributed by atoms with Crippen LogP contribution in [-0.4, -0.2) is 24.3 Å². The molecule has 0 spiro atoms. The summed E-state index contributed by atoms with van der Waals surface area (Å²) in [5.74, 6) is 0.836. The fraction of sp³-hybridized carbons (Fsp3) is 0.400. The number of benzene rings is 2. The quantitative estimate of drug-likeness (QED) is 0.459. The van der Waals surface area contributed by atoms with E-state index >= 15 is 0 Å². The van der Waals surface area contributed by atoms with E-state index in [0.717, 1.165) is 47.3 Å². The molecule has 1 heterocycles. The molecular formula is C20H27BrClNO2. The fourth-order valence-corrected chi connectivity index (χ4v) is 3.04. The van der Waals surface area contributed by atoms with Gasteiger partial charge in [0.05, 0.1) is 0 Å². The third kappa shape index (κ3) is 4.49. The second kappa shape index (κ2) is 9.46. The Hall–Kier alpha value is -1.23. The summed E-state index contributed by atoms with van der Waals surface area (Å²) in [7, 11) is 0. The maximum atomic E-state index is 6.23. The van der Waals surface area contributed by atoms with Gasteiger partial charge in [0.25, 0.3) is 0 Å². The Morgan fingerprint density at radius 3 is 1.96 bits per heavy atom. The minimum atomic E-state index is 0. The van der Waals surface area contributed by atoms with Crippen LogP contribution in [0.25, 0.3) is 21.9 Å². The van der Waals surface area contributed by atoms with Gasteiger partial charge >= 0.3 is 0 Å². The van der Waals surface area contributed by atoms with Gasteiger partial charge in [-0.2, -0.15) is 0 Å². The van der Waals surface area contributed by atoms with E-state index in [2.05, 4.69) is 26.8 Å². The van der Waals surface area contributed by atoms with Crippen LogP contribution in [0.5, 0.6) is 5.75 Å². The van der Waals surface area contributed by atoms with Gasteiger partial charge in [-0.25, -0.2) is 0 Å². The van der Waals surface area contributed by atoms with E-state index in [1.54, 1.807) is 0 Å². The molecule has 138 valence electrons. The lowest BCUT2D eigenvalue weighted by molar-refractivity contribution is -1.07. The second-order valence-corrected chi connectivity index (χ2v) is 5.94. The van der Waals surface area contributed by atoms with Gasteiger partial charge in [-0.3, -0.25) is 0 Å². The van der Waals surface area contributed by atoms with Crippen molar-refractivity contribution in [3.05, 3.63) is 41.4 Å². The molecule has 0 saturated heterocycles. The molecule has 0 bridgehead atoms. The summed E-state index contributed by atoms with van der Waals surface area (Å²) < 4.78 is 6.53. The van der Waals surface area contributed by atoms with Gasteiger partial charge in [-0.15, -0.1) is 4.65 Å². The van der Waals surface area contributed by atoms with Crippen LogP contribution in [0.2, 0.25) is 5.02 Å². The van der Waals surface area contributed by atoms with Gasteiger partial charge in [-0.1, -0.05) is 25.4 Å². The molecule has 3 rings (SSSR count). The summed E-state index contributed by atoms with van der Waals surface area (Å²) in [6.45, 7) is 13.2. The van der Waals surface area contributed by atoms with E-state index < -0.39 is 0 Å². The highest BCUT2D eigenvalue weighted by Gasteiger charge is 2.24. The van der Waals surface area contributed by atoms with Gasteiger partial charge in [0.2, 0.25) is 0 Å². The highest BCUT2D eigenvalue weighted by molar-refractivity contribution is 6.31. The number of furan rings is 1. The Balaban J connectivity index is 0.00000101. The summed E-state index contributed by atoms with van der Waals surface area (Å²) in [6, 6.07) is 11.8. The predicted molar refractivity (Wildman–Crippen MR) is 103 cm³/mol. The van der Waals surface area contributed by atoms with Crippen LogP contribution in [0.3, 0.4) is 0 Å². The van der Waals surface area contributed by atoms with E-state index in [0.29, 0.717) is 9.67 Å². The van der Waals surface area contributed by atoms with Crippen molar-refractivity contribution in [2.75, 3.05) is 19.6 Å². The largest absolute Gasteiger partial charge is 1.00 e. The first-order valence-corrected chi connectivity index (χ1v) is 9.16. The predicted octanol–water partition coefficient (Wildman–Crippen LogP) is 3.44. The van der Waals surface area contributed by atoms with Crippen LogP contribution >= 0.6 is 11.6 Å². The summed E-state index contributed by atoms with van der Waals surface area (Å²) >= 11 is 6.03. The SMILES string of the molecule is CC.CC[N+](CC)(CC)Oc1ccc2c(c1)oc1cc(Cl)ccc12.[Br-]. The average molecular weight is 429 g/mol. The number of hydroxylamine groups is 3. The highest BCUT2D eigenvalue weighted by atomic mass is 79.9. The number of fused-ring (bicyclic) bond motifs is 3. The molecule has 0 saturated carbocycles. The molecule has 5 heteroatoms. The van der Waals surface area contributed by atoms with Crippen LogP contribution in [0.15, 0.2) is 40.8 Å². The van der Waals surface area contributed by atoms with E-state index in [4.69, 9.17) is 20.9 Å². The number of rotatable bonds is 5. The van der Waals surface area contributed by atoms with Crippen molar-refractivity contribution in [2.45, 2.75) is 34.6 Å². The molecule has 3 nitrogen and oxygen atoms in total. The van der Waals surface area contributed by atoms with Crippen LogP contribution < -0.4 is 21.8 Å². The normalized spacial score (nSPS) is 11.0. The molecule has 0 N–H and O–H groups in total. The van der Waals surface area contributed by atoms with Crippen LogP contribution in [0.1, 0.15) is 34.6 Å². The summed E-state index contributed by atoms with van der Waals surface area (Å²) in [5, 5.41) is 2.84. The maximum absolute atomic E-state index is 6.23. The van der Waals surface area contributed by atoms with Gasteiger partial charge in [-0.05, 0) is 45.0 Å². The number of hydrogen-bond donors (Lipinski definition) is 0. The monoisotopic (exact) mass is 427 g/mol. The fourth-order valence-electron chi connectivity index (χ4n) is 2.88. The minimum absolute atomic E-state index is 0. The van der Waals surface area contributed by atoms with E-state index in [1.807, 2.05) is 44.2 Å². The first kappa shape index (κ1) is 21.8. The van der Waals surface area contributed by atoms with Crippen LogP contribution in [0, 0.1) is 0 Å². The molecule has 0 amide bonds. The molecular weight excluding hydrogens is 402 g/mol. The van der Waals surface area contributed by atoms with Crippen LogP contribution in [-0.2, 0) is 0 Å². The van der Waals surface area contributed by atoms with Crippen molar-refractivity contribution in [1.82, 2.24) is 0 Å². The maximum Gasteiger partial charge on any atom is 0.193 e. The molecule has 0 aliphatic rings.